The molecule has 1 N–H and O–H groups in total. The highest BCUT2D eigenvalue weighted by molar-refractivity contribution is 5.96. The summed E-state index contributed by atoms with van der Waals surface area (Å²) in [6.07, 6.45) is 1.78. The van der Waals surface area contributed by atoms with Crippen molar-refractivity contribution in [2.75, 3.05) is 25.6 Å². The Hall–Kier alpha value is -4.43. The fraction of sp³-hybridized carbons (Fsp3) is 0.179. The molecule has 0 aliphatic carbocycles. The highest BCUT2D eigenvalue weighted by atomic mass is 16.5. The van der Waals surface area contributed by atoms with Crippen LogP contribution >= 0.6 is 0 Å². The number of benzene rings is 3. The van der Waals surface area contributed by atoms with Crippen molar-refractivity contribution in [1.82, 2.24) is 4.98 Å². The van der Waals surface area contributed by atoms with Crippen LogP contribution in [0.1, 0.15) is 12.5 Å². The predicted octanol–water partition coefficient (Wildman–Crippen LogP) is 5.16. The summed E-state index contributed by atoms with van der Waals surface area (Å²) in [5.74, 6) is 1.59. The number of hydrogen-bond acceptors (Lipinski definition) is 7. The van der Waals surface area contributed by atoms with Crippen molar-refractivity contribution in [3.63, 3.8) is 0 Å². The molecule has 1 aromatic heterocycles. The maximum absolute atomic E-state index is 12.2. The van der Waals surface area contributed by atoms with Crippen LogP contribution in [0.5, 0.6) is 23.0 Å². The minimum absolute atomic E-state index is 0.138. The van der Waals surface area contributed by atoms with E-state index in [0.29, 0.717) is 52.8 Å². The van der Waals surface area contributed by atoms with Gasteiger partial charge in [-0.3, -0.25) is 14.6 Å². The lowest BCUT2D eigenvalue weighted by molar-refractivity contribution is -0.133. The van der Waals surface area contributed by atoms with E-state index in [0.717, 1.165) is 5.56 Å². The average molecular weight is 487 g/mol. The van der Waals surface area contributed by atoms with Crippen LogP contribution in [0.3, 0.4) is 0 Å². The Morgan fingerprint density at radius 3 is 2.39 bits per heavy atom. The van der Waals surface area contributed by atoms with Crippen molar-refractivity contribution in [2.24, 2.45) is 0 Å². The fourth-order valence-corrected chi connectivity index (χ4v) is 3.50. The first-order valence-corrected chi connectivity index (χ1v) is 11.4. The fourth-order valence-electron chi connectivity index (χ4n) is 3.50. The summed E-state index contributed by atoms with van der Waals surface area (Å²) in [5, 5.41) is 3.50. The highest BCUT2D eigenvalue weighted by Gasteiger charge is 2.13. The molecule has 4 rings (SSSR count). The molecule has 0 spiro atoms. The number of rotatable bonds is 10. The van der Waals surface area contributed by atoms with E-state index in [9.17, 15) is 9.59 Å². The van der Waals surface area contributed by atoms with E-state index in [4.69, 9.17) is 18.9 Å². The zero-order valence-corrected chi connectivity index (χ0v) is 20.0. The van der Waals surface area contributed by atoms with Crippen LogP contribution in [-0.2, 0) is 20.7 Å². The Morgan fingerprint density at radius 2 is 1.67 bits per heavy atom. The number of carbonyl (C=O) groups is 2. The van der Waals surface area contributed by atoms with Crippen molar-refractivity contribution in [1.29, 1.82) is 0 Å². The van der Waals surface area contributed by atoms with E-state index in [1.807, 2.05) is 30.3 Å². The molecule has 1 amide bonds. The summed E-state index contributed by atoms with van der Waals surface area (Å²) in [6, 6.07) is 21.4. The topological polar surface area (TPSA) is 96.0 Å². The second kappa shape index (κ2) is 11.8. The molecule has 8 heteroatoms. The Kier molecular flexibility index (Phi) is 8.10. The largest absolute Gasteiger partial charge is 0.489 e. The van der Waals surface area contributed by atoms with Gasteiger partial charge in [0.15, 0.2) is 0 Å². The molecule has 0 atom stereocenters. The summed E-state index contributed by atoms with van der Waals surface area (Å²) in [4.78, 5) is 28.4. The average Bonchev–Trinajstić information content (AvgIpc) is 2.86. The SMILES string of the molecule is COCCOc1cc2nccc(Oc3ccc(CC(=O)Oc4ccccc4)cc3)c2cc1NC(C)=O. The third-order valence-electron chi connectivity index (χ3n) is 5.13. The first-order valence-electron chi connectivity index (χ1n) is 11.4. The lowest BCUT2D eigenvalue weighted by Crippen LogP contribution is -2.11. The first kappa shape index (κ1) is 24.7. The van der Waals surface area contributed by atoms with E-state index in [2.05, 4.69) is 10.3 Å². The van der Waals surface area contributed by atoms with Gasteiger partial charge in [-0.1, -0.05) is 30.3 Å². The molecule has 0 aliphatic heterocycles. The molecule has 184 valence electrons. The third-order valence-corrected chi connectivity index (χ3v) is 5.13. The smallest absolute Gasteiger partial charge is 0.315 e. The molecule has 0 aliphatic rings. The maximum Gasteiger partial charge on any atom is 0.315 e. The number of para-hydroxylation sites is 1. The number of amides is 1. The zero-order valence-electron chi connectivity index (χ0n) is 20.0. The highest BCUT2D eigenvalue weighted by Crippen LogP contribution is 2.36. The maximum atomic E-state index is 12.2. The molecule has 1 heterocycles. The Bertz CT molecular complexity index is 1340. The Balaban J connectivity index is 1.50. The van der Waals surface area contributed by atoms with Crippen LogP contribution in [-0.4, -0.2) is 37.2 Å². The molecule has 0 saturated heterocycles. The first-order chi connectivity index (χ1) is 17.5. The second-order valence-electron chi connectivity index (χ2n) is 7.91. The number of fused-ring (bicyclic) bond motifs is 1. The van der Waals surface area contributed by atoms with Gasteiger partial charge in [-0.25, -0.2) is 0 Å². The molecular weight excluding hydrogens is 460 g/mol. The number of carbonyl (C=O) groups excluding carboxylic acids is 2. The Morgan fingerprint density at radius 1 is 0.889 bits per heavy atom. The van der Waals surface area contributed by atoms with Crippen LogP contribution in [0.2, 0.25) is 0 Å². The quantitative estimate of drug-likeness (QED) is 0.188. The van der Waals surface area contributed by atoms with Crippen LogP contribution in [0.15, 0.2) is 79.0 Å². The van der Waals surface area contributed by atoms with Crippen LogP contribution in [0.25, 0.3) is 10.9 Å². The molecule has 8 nitrogen and oxygen atoms in total. The monoisotopic (exact) mass is 486 g/mol. The zero-order chi connectivity index (χ0) is 25.3. The number of nitrogens with zero attached hydrogens (tertiary/aromatic N) is 1. The van der Waals surface area contributed by atoms with Crippen molar-refractivity contribution in [3.8, 4) is 23.0 Å². The molecule has 0 unspecified atom stereocenters. The van der Waals surface area contributed by atoms with Gasteiger partial charge in [0.1, 0.15) is 29.6 Å². The van der Waals surface area contributed by atoms with Gasteiger partial charge in [0.05, 0.1) is 24.2 Å². The standard InChI is InChI=1S/C28H26N2O6/c1-19(31)30-25-17-23-24(18-27(25)34-15-14-33-2)29-13-12-26(23)35-22-10-8-20(9-11-22)16-28(32)36-21-6-4-3-5-7-21/h3-13,17-18H,14-16H2,1-2H3,(H,30,31). The van der Waals surface area contributed by atoms with Crippen molar-refractivity contribution < 1.29 is 28.5 Å². The van der Waals surface area contributed by atoms with Crippen molar-refractivity contribution in [3.05, 3.63) is 84.6 Å². The minimum atomic E-state index is -0.344. The molecular formula is C28H26N2O6. The van der Waals surface area contributed by atoms with Crippen molar-refractivity contribution >= 4 is 28.5 Å². The number of esters is 1. The van der Waals surface area contributed by atoms with Gasteiger partial charge < -0.3 is 24.3 Å². The molecule has 0 fully saturated rings. The number of pyridine rings is 1. The second-order valence-corrected chi connectivity index (χ2v) is 7.91. The van der Waals surface area contributed by atoms with Gasteiger partial charge in [0, 0.05) is 31.7 Å². The lowest BCUT2D eigenvalue weighted by atomic mass is 10.1. The summed E-state index contributed by atoms with van der Waals surface area (Å²) >= 11 is 0. The number of hydrogen-bond donors (Lipinski definition) is 1. The van der Waals surface area contributed by atoms with Gasteiger partial charge >= 0.3 is 5.97 Å². The Labute approximate surface area is 208 Å². The van der Waals surface area contributed by atoms with Gasteiger partial charge in [-0.15, -0.1) is 0 Å². The van der Waals surface area contributed by atoms with E-state index >= 15 is 0 Å². The van der Waals surface area contributed by atoms with Gasteiger partial charge in [-0.05, 0) is 42.0 Å². The van der Waals surface area contributed by atoms with Crippen LogP contribution in [0.4, 0.5) is 5.69 Å². The molecule has 0 radical (unpaired) electrons. The molecule has 3 aromatic carbocycles. The van der Waals surface area contributed by atoms with Crippen LogP contribution in [0, 0.1) is 0 Å². The number of methoxy groups -OCH3 is 1. The number of ether oxygens (including phenoxy) is 4. The van der Waals surface area contributed by atoms with E-state index in [1.54, 1.807) is 55.8 Å². The van der Waals surface area contributed by atoms with Gasteiger partial charge in [0.25, 0.3) is 0 Å². The summed E-state index contributed by atoms with van der Waals surface area (Å²) < 4.78 is 22.3. The third kappa shape index (κ3) is 6.58. The molecule has 0 saturated carbocycles. The summed E-state index contributed by atoms with van der Waals surface area (Å²) in [7, 11) is 1.59. The minimum Gasteiger partial charge on any atom is -0.489 e. The summed E-state index contributed by atoms with van der Waals surface area (Å²) in [5.41, 5.74) is 1.96. The van der Waals surface area contributed by atoms with Crippen LogP contribution < -0.4 is 19.5 Å². The number of aromatic nitrogens is 1. The normalized spacial score (nSPS) is 10.6. The number of nitrogens with one attached hydrogen (secondary N) is 1. The lowest BCUT2D eigenvalue weighted by Gasteiger charge is -2.15. The molecule has 36 heavy (non-hydrogen) atoms. The van der Waals surface area contributed by atoms with E-state index in [1.165, 1.54) is 6.92 Å². The van der Waals surface area contributed by atoms with E-state index in [-0.39, 0.29) is 18.3 Å². The molecule has 4 aromatic rings. The number of anilines is 1. The summed E-state index contributed by atoms with van der Waals surface area (Å²) in [6.45, 7) is 2.17. The van der Waals surface area contributed by atoms with Gasteiger partial charge in [0.2, 0.25) is 5.91 Å². The van der Waals surface area contributed by atoms with Crippen molar-refractivity contribution in [2.45, 2.75) is 13.3 Å². The molecule has 0 bridgehead atoms. The van der Waals surface area contributed by atoms with Gasteiger partial charge in [-0.2, -0.15) is 0 Å². The predicted molar refractivity (Wildman–Crippen MR) is 136 cm³/mol. The van der Waals surface area contributed by atoms with E-state index < -0.39 is 0 Å².